The Labute approximate surface area is 84.3 Å². The number of carbonyl (C=O) groups excluding carboxylic acids is 1. The summed E-state index contributed by atoms with van der Waals surface area (Å²) in [4.78, 5) is 13.0. The monoisotopic (exact) mass is 202 g/mol. The number of rotatable bonds is 4. The quantitative estimate of drug-likeness (QED) is 0.649. The summed E-state index contributed by atoms with van der Waals surface area (Å²) in [6.45, 7) is 4.04. The number of carbonyl (C=O) groups is 1. The Morgan fingerprint density at radius 2 is 2.15 bits per heavy atom. The maximum absolute atomic E-state index is 11.5. The first-order valence-corrected chi connectivity index (χ1v) is 4.77. The lowest BCUT2D eigenvalue weighted by Gasteiger charge is -2.20. The van der Waals surface area contributed by atoms with E-state index >= 15 is 0 Å². The summed E-state index contributed by atoms with van der Waals surface area (Å²) in [6.07, 6.45) is 0. The first-order chi connectivity index (χ1) is 6.02. The molecule has 2 atom stereocenters. The molecule has 0 aliphatic rings. The highest BCUT2D eigenvalue weighted by Gasteiger charge is 2.17. The van der Waals surface area contributed by atoms with Crippen molar-refractivity contribution in [3.63, 3.8) is 0 Å². The van der Waals surface area contributed by atoms with Gasteiger partial charge >= 0.3 is 0 Å². The Kier molecular flexibility index (Phi) is 5.48. The Morgan fingerprint density at radius 1 is 1.62 bits per heavy atom. The van der Waals surface area contributed by atoms with E-state index in [-0.39, 0.29) is 17.7 Å². The standard InChI is InChI=1S/C9H15ClN2O/c1-7(5-11)6-12(3)9(13)8(2)4-10/h7-8H,4,6H2,1-3H3. The van der Waals surface area contributed by atoms with Crippen LogP contribution in [0.25, 0.3) is 0 Å². The number of alkyl halides is 1. The van der Waals surface area contributed by atoms with E-state index in [4.69, 9.17) is 16.9 Å². The highest BCUT2D eigenvalue weighted by atomic mass is 35.5. The zero-order valence-corrected chi connectivity index (χ0v) is 9.01. The maximum Gasteiger partial charge on any atom is 0.226 e. The average Bonchev–Trinajstić information content (AvgIpc) is 2.14. The van der Waals surface area contributed by atoms with E-state index in [2.05, 4.69) is 6.07 Å². The number of nitriles is 1. The minimum Gasteiger partial charge on any atom is -0.344 e. The van der Waals surface area contributed by atoms with Gasteiger partial charge in [-0.15, -0.1) is 11.6 Å². The van der Waals surface area contributed by atoms with Crippen LogP contribution in [-0.2, 0) is 4.79 Å². The third-order valence-electron chi connectivity index (χ3n) is 1.80. The Bertz CT molecular complexity index is 212. The molecule has 2 unspecified atom stereocenters. The van der Waals surface area contributed by atoms with E-state index in [1.54, 1.807) is 25.8 Å². The van der Waals surface area contributed by atoms with Crippen LogP contribution in [0.2, 0.25) is 0 Å². The fraction of sp³-hybridized carbons (Fsp3) is 0.778. The first-order valence-electron chi connectivity index (χ1n) is 4.23. The lowest BCUT2D eigenvalue weighted by molar-refractivity contribution is -0.133. The molecular weight excluding hydrogens is 188 g/mol. The van der Waals surface area contributed by atoms with Crippen LogP contribution < -0.4 is 0 Å². The molecular formula is C9H15ClN2O. The predicted molar refractivity (Wildman–Crippen MR) is 52.3 cm³/mol. The lowest BCUT2D eigenvalue weighted by Crippen LogP contribution is -2.35. The molecule has 0 aliphatic carbocycles. The number of nitrogens with zero attached hydrogens (tertiary/aromatic N) is 2. The topological polar surface area (TPSA) is 44.1 Å². The van der Waals surface area contributed by atoms with Gasteiger partial charge in [-0.25, -0.2) is 0 Å². The van der Waals surface area contributed by atoms with Crippen LogP contribution in [0, 0.1) is 23.2 Å². The third kappa shape index (κ3) is 4.14. The molecule has 0 spiro atoms. The summed E-state index contributed by atoms with van der Waals surface area (Å²) in [7, 11) is 1.69. The molecule has 0 radical (unpaired) electrons. The van der Waals surface area contributed by atoms with Gasteiger partial charge in [0.15, 0.2) is 0 Å². The fourth-order valence-electron chi connectivity index (χ4n) is 0.984. The normalized spacial score (nSPS) is 14.4. The van der Waals surface area contributed by atoms with Gasteiger partial charge in [0.2, 0.25) is 5.91 Å². The van der Waals surface area contributed by atoms with E-state index in [0.717, 1.165) is 0 Å². The van der Waals surface area contributed by atoms with Gasteiger partial charge in [-0.05, 0) is 6.92 Å². The van der Waals surface area contributed by atoms with Gasteiger partial charge in [0.25, 0.3) is 0 Å². The molecule has 0 aromatic rings. The molecule has 0 saturated carbocycles. The molecule has 74 valence electrons. The molecule has 4 heteroatoms. The smallest absolute Gasteiger partial charge is 0.226 e. The molecule has 0 N–H and O–H groups in total. The van der Waals surface area contributed by atoms with E-state index in [9.17, 15) is 4.79 Å². The van der Waals surface area contributed by atoms with Gasteiger partial charge < -0.3 is 4.90 Å². The molecule has 13 heavy (non-hydrogen) atoms. The van der Waals surface area contributed by atoms with Crippen molar-refractivity contribution in [3.05, 3.63) is 0 Å². The van der Waals surface area contributed by atoms with Gasteiger partial charge in [-0.2, -0.15) is 5.26 Å². The van der Waals surface area contributed by atoms with Crippen molar-refractivity contribution in [2.24, 2.45) is 11.8 Å². The predicted octanol–water partition coefficient (Wildman–Crippen LogP) is 1.48. The van der Waals surface area contributed by atoms with Gasteiger partial charge in [0.05, 0.1) is 12.0 Å². The minimum absolute atomic E-state index is 0.00269. The van der Waals surface area contributed by atoms with Crippen molar-refractivity contribution in [2.45, 2.75) is 13.8 Å². The highest BCUT2D eigenvalue weighted by Crippen LogP contribution is 2.05. The molecule has 0 aliphatic heterocycles. The molecule has 0 saturated heterocycles. The Morgan fingerprint density at radius 3 is 2.54 bits per heavy atom. The van der Waals surface area contributed by atoms with Crippen molar-refractivity contribution >= 4 is 17.5 Å². The molecule has 0 aromatic heterocycles. The SMILES string of the molecule is CC(C#N)CN(C)C(=O)C(C)CCl. The van der Waals surface area contributed by atoms with E-state index in [1.165, 1.54) is 0 Å². The molecule has 0 aromatic carbocycles. The van der Waals surface area contributed by atoms with Crippen molar-refractivity contribution < 1.29 is 4.79 Å². The van der Waals surface area contributed by atoms with Crippen LogP contribution in [-0.4, -0.2) is 30.3 Å². The van der Waals surface area contributed by atoms with Crippen LogP contribution in [0.15, 0.2) is 0 Å². The molecule has 0 bridgehead atoms. The van der Waals surface area contributed by atoms with Crippen molar-refractivity contribution in [1.82, 2.24) is 4.90 Å². The second kappa shape index (κ2) is 5.82. The summed E-state index contributed by atoms with van der Waals surface area (Å²) in [5.74, 6) is 0.0236. The van der Waals surface area contributed by atoms with Gasteiger partial charge in [-0.3, -0.25) is 4.79 Å². The molecule has 3 nitrogen and oxygen atoms in total. The lowest BCUT2D eigenvalue weighted by atomic mass is 10.1. The van der Waals surface area contributed by atoms with Crippen LogP contribution in [0.4, 0.5) is 0 Å². The summed E-state index contributed by atoms with van der Waals surface area (Å²) >= 11 is 5.55. The fourth-order valence-corrected chi connectivity index (χ4v) is 1.12. The van der Waals surface area contributed by atoms with Crippen LogP contribution in [0.1, 0.15) is 13.8 Å². The molecule has 0 fully saturated rings. The summed E-state index contributed by atoms with van der Waals surface area (Å²) in [5.41, 5.74) is 0. The third-order valence-corrected chi connectivity index (χ3v) is 2.26. The van der Waals surface area contributed by atoms with Gasteiger partial charge in [0, 0.05) is 25.4 Å². The van der Waals surface area contributed by atoms with Gasteiger partial charge in [-0.1, -0.05) is 6.92 Å². The first kappa shape index (κ1) is 12.2. The zero-order valence-electron chi connectivity index (χ0n) is 8.25. The second-order valence-electron chi connectivity index (χ2n) is 3.30. The highest BCUT2D eigenvalue weighted by molar-refractivity contribution is 6.19. The maximum atomic E-state index is 11.5. The van der Waals surface area contributed by atoms with Gasteiger partial charge in [0.1, 0.15) is 0 Å². The number of hydrogen-bond acceptors (Lipinski definition) is 2. The minimum atomic E-state index is -0.169. The molecule has 1 amide bonds. The van der Waals surface area contributed by atoms with Crippen molar-refractivity contribution in [3.8, 4) is 6.07 Å². The number of halogens is 1. The number of hydrogen-bond donors (Lipinski definition) is 0. The average molecular weight is 203 g/mol. The largest absolute Gasteiger partial charge is 0.344 e. The van der Waals surface area contributed by atoms with Crippen LogP contribution >= 0.6 is 11.6 Å². The molecule has 0 rings (SSSR count). The Hall–Kier alpha value is -0.750. The zero-order chi connectivity index (χ0) is 10.4. The van der Waals surface area contributed by atoms with E-state index in [0.29, 0.717) is 12.4 Å². The summed E-state index contributed by atoms with van der Waals surface area (Å²) in [6, 6.07) is 2.08. The van der Waals surface area contributed by atoms with Crippen LogP contribution in [0.5, 0.6) is 0 Å². The van der Waals surface area contributed by atoms with Crippen molar-refractivity contribution in [2.75, 3.05) is 19.5 Å². The summed E-state index contributed by atoms with van der Waals surface area (Å²) < 4.78 is 0. The number of amides is 1. The van der Waals surface area contributed by atoms with Crippen molar-refractivity contribution in [1.29, 1.82) is 5.26 Å². The summed E-state index contributed by atoms with van der Waals surface area (Å²) in [5, 5.41) is 8.55. The Balaban J connectivity index is 4.05. The molecule has 0 heterocycles. The van der Waals surface area contributed by atoms with Crippen LogP contribution in [0.3, 0.4) is 0 Å². The van der Waals surface area contributed by atoms with E-state index < -0.39 is 0 Å². The van der Waals surface area contributed by atoms with E-state index in [1.807, 2.05) is 0 Å². The second-order valence-corrected chi connectivity index (χ2v) is 3.61.